The highest BCUT2D eigenvalue weighted by molar-refractivity contribution is 7.91. The van der Waals surface area contributed by atoms with Gasteiger partial charge in [-0.2, -0.15) is 0 Å². The van der Waals surface area contributed by atoms with E-state index in [9.17, 15) is 18.0 Å². The van der Waals surface area contributed by atoms with Crippen LogP contribution in [0.2, 0.25) is 0 Å². The van der Waals surface area contributed by atoms with Crippen molar-refractivity contribution in [3.63, 3.8) is 0 Å². The van der Waals surface area contributed by atoms with Crippen molar-refractivity contribution in [2.45, 2.75) is 31.7 Å². The molecule has 0 aromatic rings. The maximum absolute atomic E-state index is 12.1. The summed E-state index contributed by atoms with van der Waals surface area (Å²) in [6.45, 7) is 0.785. The van der Waals surface area contributed by atoms with Crippen LogP contribution in [0.15, 0.2) is 0 Å². The van der Waals surface area contributed by atoms with Gasteiger partial charge in [0.2, 0.25) is 0 Å². The summed E-state index contributed by atoms with van der Waals surface area (Å²) in [5.41, 5.74) is 0. The van der Waals surface area contributed by atoms with Gasteiger partial charge in [-0.3, -0.25) is 4.79 Å². The average molecular weight is 304 g/mol. The summed E-state index contributed by atoms with van der Waals surface area (Å²) in [4.78, 5) is 24.5. The molecule has 20 heavy (non-hydrogen) atoms. The number of urea groups is 1. The summed E-state index contributed by atoms with van der Waals surface area (Å²) in [7, 11) is -2.94. The zero-order valence-corrected chi connectivity index (χ0v) is 12.1. The molecule has 2 aliphatic rings. The molecule has 2 fully saturated rings. The lowest BCUT2D eigenvalue weighted by Crippen LogP contribution is -2.51. The Bertz CT molecular complexity index is 476. The van der Waals surface area contributed by atoms with Crippen LogP contribution in [-0.4, -0.2) is 61.1 Å². The molecule has 7 nitrogen and oxygen atoms in total. The second kappa shape index (κ2) is 5.99. The number of sulfone groups is 1. The summed E-state index contributed by atoms with van der Waals surface area (Å²) in [5.74, 6) is -1.15. The fourth-order valence-electron chi connectivity index (χ4n) is 2.66. The Labute approximate surface area is 118 Å². The summed E-state index contributed by atoms with van der Waals surface area (Å²) in [6.07, 6.45) is 2.15. The molecule has 2 aliphatic heterocycles. The van der Waals surface area contributed by atoms with Gasteiger partial charge < -0.3 is 15.3 Å². The molecule has 0 aliphatic carbocycles. The van der Waals surface area contributed by atoms with Gasteiger partial charge >= 0.3 is 12.0 Å². The molecule has 0 aromatic heterocycles. The van der Waals surface area contributed by atoms with Crippen LogP contribution in [0.1, 0.15) is 25.7 Å². The van der Waals surface area contributed by atoms with Crippen LogP contribution >= 0.6 is 0 Å². The Morgan fingerprint density at radius 1 is 1.15 bits per heavy atom. The summed E-state index contributed by atoms with van der Waals surface area (Å²) in [5, 5.41) is 11.8. The third kappa shape index (κ3) is 3.84. The van der Waals surface area contributed by atoms with E-state index in [1.54, 1.807) is 0 Å². The van der Waals surface area contributed by atoms with Gasteiger partial charge in [-0.15, -0.1) is 0 Å². The molecule has 0 unspecified atom stereocenters. The molecule has 2 amide bonds. The van der Waals surface area contributed by atoms with Gasteiger partial charge in [0.25, 0.3) is 0 Å². The van der Waals surface area contributed by atoms with Crippen LogP contribution < -0.4 is 5.32 Å². The topological polar surface area (TPSA) is 104 Å². The molecule has 2 saturated heterocycles. The average Bonchev–Trinajstić information content (AvgIpc) is 2.41. The van der Waals surface area contributed by atoms with Crippen LogP contribution in [-0.2, 0) is 14.6 Å². The number of piperidine rings is 1. The van der Waals surface area contributed by atoms with Crippen molar-refractivity contribution >= 4 is 21.8 Å². The van der Waals surface area contributed by atoms with Crippen LogP contribution in [0.5, 0.6) is 0 Å². The van der Waals surface area contributed by atoms with Crippen LogP contribution in [0, 0.1) is 5.92 Å². The number of aliphatic carboxylic acids is 1. The van der Waals surface area contributed by atoms with Gasteiger partial charge in [0.15, 0.2) is 0 Å². The van der Waals surface area contributed by atoms with E-state index in [2.05, 4.69) is 5.32 Å². The molecule has 8 heteroatoms. The lowest BCUT2D eigenvalue weighted by Gasteiger charge is -2.33. The smallest absolute Gasteiger partial charge is 0.317 e. The van der Waals surface area contributed by atoms with Gasteiger partial charge in [0, 0.05) is 19.1 Å². The van der Waals surface area contributed by atoms with E-state index in [1.165, 1.54) is 4.90 Å². The highest BCUT2D eigenvalue weighted by Crippen LogP contribution is 2.18. The number of rotatable bonds is 2. The quantitative estimate of drug-likeness (QED) is 0.751. The van der Waals surface area contributed by atoms with Crippen molar-refractivity contribution in [1.29, 1.82) is 0 Å². The van der Waals surface area contributed by atoms with E-state index in [0.717, 1.165) is 0 Å². The number of carbonyl (C=O) groups excluding carboxylic acids is 1. The highest BCUT2D eigenvalue weighted by atomic mass is 32.2. The van der Waals surface area contributed by atoms with Crippen molar-refractivity contribution in [3.05, 3.63) is 0 Å². The lowest BCUT2D eigenvalue weighted by atomic mass is 9.98. The van der Waals surface area contributed by atoms with Crippen molar-refractivity contribution in [2.24, 2.45) is 5.92 Å². The maximum Gasteiger partial charge on any atom is 0.317 e. The number of nitrogens with one attached hydrogen (secondary N) is 1. The first kappa shape index (κ1) is 15.1. The van der Waals surface area contributed by atoms with Gasteiger partial charge in [-0.25, -0.2) is 13.2 Å². The van der Waals surface area contributed by atoms with Gasteiger partial charge in [-0.1, -0.05) is 0 Å². The molecule has 2 N–H and O–H groups in total. The monoisotopic (exact) mass is 304 g/mol. The minimum absolute atomic E-state index is 0.107. The summed E-state index contributed by atoms with van der Waals surface area (Å²) >= 11 is 0. The molecular weight excluding hydrogens is 284 g/mol. The first-order valence-corrected chi connectivity index (χ1v) is 8.68. The first-order valence-electron chi connectivity index (χ1n) is 6.86. The largest absolute Gasteiger partial charge is 0.481 e. The highest BCUT2D eigenvalue weighted by Gasteiger charge is 2.30. The normalized spacial score (nSPS) is 27.0. The number of amides is 2. The van der Waals surface area contributed by atoms with Crippen LogP contribution in [0.25, 0.3) is 0 Å². The molecule has 0 bridgehead atoms. The number of hydrogen-bond acceptors (Lipinski definition) is 4. The minimum atomic E-state index is -2.94. The number of carbonyl (C=O) groups is 2. The fraction of sp³-hybridized carbons (Fsp3) is 0.833. The standard InChI is InChI=1S/C12H20N2O5S/c15-11(16)9-2-1-5-14(8-9)12(17)13-10-3-6-20(18,19)7-4-10/h9-10H,1-8H2,(H,13,17)(H,15,16)/t9-/m0/s1. The maximum atomic E-state index is 12.1. The van der Waals surface area contributed by atoms with E-state index in [1.807, 2.05) is 0 Å². The van der Waals surface area contributed by atoms with E-state index < -0.39 is 21.7 Å². The third-order valence-electron chi connectivity index (χ3n) is 3.94. The Morgan fingerprint density at radius 3 is 2.40 bits per heavy atom. The number of nitrogens with zero attached hydrogens (tertiary/aromatic N) is 1. The van der Waals surface area contributed by atoms with Gasteiger partial charge in [0.05, 0.1) is 17.4 Å². The number of carboxylic acids is 1. The molecule has 0 spiro atoms. The van der Waals surface area contributed by atoms with Gasteiger partial charge in [-0.05, 0) is 25.7 Å². The predicted molar refractivity (Wildman–Crippen MR) is 72.1 cm³/mol. The van der Waals surface area contributed by atoms with Crippen LogP contribution in [0.4, 0.5) is 4.79 Å². The van der Waals surface area contributed by atoms with E-state index in [4.69, 9.17) is 5.11 Å². The minimum Gasteiger partial charge on any atom is -0.481 e. The summed E-state index contributed by atoms with van der Waals surface area (Å²) < 4.78 is 22.6. The third-order valence-corrected chi connectivity index (χ3v) is 5.66. The van der Waals surface area contributed by atoms with E-state index in [0.29, 0.717) is 32.2 Å². The van der Waals surface area contributed by atoms with Crippen molar-refractivity contribution < 1.29 is 23.1 Å². The van der Waals surface area contributed by atoms with E-state index >= 15 is 0 Å². The summed E-state index contributed by atoms with van der Waals surface area (Å²) in [6, 6.07) is -0.406. The second-order valence-corrected chi connectivity index (χ2v) is 7.80. The van der Waals surface area contributed by atoms with E-state index in [-0.39, 0.29) is 30.1 Å². The molecule has 114 valence electrons. The molecule has 1 atom stereocenters. The predicted octanol–water partition coefficient (Wildman–Crippen LogP) is 0.0698. The zero-order valence-electron chi connectivity index (χ0n) is 11.2. The van der Waals surface area contributed by atoms with Gasteiger partial charge in [0.1, 0.15) is 9.84 Å². The van der Waals surface area contributed by atoms with Crippen LogP contribution in [0.3, 0.4) is 0 Å². The Kier molecular flexibility index (Phi) is 4.52. The Morgan fingerprint density at radius 2 is 1.80 bits per heavy atom. The molecule has 0 aromatic carbocycles. The second-order valence-electron chi connectivity index (χ2n) is 5.50. The number of hydrogen-bond donors (Lipinski definition) is 2. The Balaban J connectivity index is 1.84. The van der Waals surface area contributed by atoms with Crippen molar-refractivity contribution in [3.8, 4) is 0 Å². The fourth-order valence-corrected chi connectivity index (χ4v) is 4.15. The Hall–Kier alpha value is -1.31. The molecule has 2 rings (SSSR count). The molecule has 0 radical (unpaired) electrons. The molecule has 0 saturated carbocycles. The van der Waals surface area contributed by atoms with Crippen molar-refractivity contribution in [2.75, 3.05) is 24.6 Å². The zero-order chi connectivity index (χ0) is 14.8. The SMILES string of the molecule is O=C(O)[C@H]1CCCN(C(=O)NC2CCS(=O)(=O)CC2)C1. The molecular formula is C12H20N2O5S. The molecule has 2 heterocycles. The number of carboxylic acid groups (broad SMARTS) is 1. The number of likely N-dealkylation sites (tertiary alicyclic amines) is 1. The lowest BCUT2D eigenvalue weighted by molar-refractivity contribution is -0.143. The van der Waals surface area contributed by atoms with Crippen molar-refractivity contribution in [1.82, 2.24) is 10.2 Å². The first-order chi connectivity index (χ1) is 9.37.